The standard InChI is InChI=1S/C8H16N2O2/c1-3-8(11)4-7(2)5-9-6-10-12/h6-7,12H,3-5H2,1-2H3,(H,9,10). The number of hydrogen-bond donors (Lipinski definition) is 2. The normalized spacial score (nSPS) is 13.2. The maximum atomic E-state index is 10.9. The van der Waals surface area contributed by atoms with Gasteiger partial charge in [0.15, 0.2) is 0 Å². The summed E-state index contributed by atoms with van der Waals surface area (Å²) in [6.45, 7) is 4.50. The van der Waals surface area contributed by atoms with Gasteiger partial charge in [0.05, 0.1) is 0 Å². The summed E-state index contributed by atoms with van der Waals surface area (Å²) in [5, 5.41) is 13.6. The van der Waals surface area contributed by atoms with Crippen LogP contribution >= 0.6 is 0 Å². The highest BCUT2D eigenvalue weighted by molar-refractivity contribution is 5.78. The first-order valence-electron chi connectivity index (χ1n) is 4.11. The molecule has 12 heavy (non-hydrogen) atoms. The molecule has 0 bridgehead atoms. The Bertz CT molecular complexity index is 157. The van der Waals surface area contributed by atoms with E-state index in [-0.39, 0.29) is 11.7 Å². The Hall–Kier alpha value is -1.06. The van der Waals surface area contributed by atoms with Crippen LogP contribution < -0.4 is 5.32 Å². The zero-order valence-electron chi connectivity index (χ0n) is 7.58. The van der Waals surface area contributed by atoms with Crippen molar-refractivity contribution in [3.05, 3.63) is 0 Å². The summed E-state index contributed by atoms with van der Waals surface area (Å²) < 4.78 is 0. The van der Waals surface area contributed by atoms with Gasteiger partial charge >= 0.3 is 0 Å². The number of Topliss-reactive ketones (excluding diaryl/α,β-unsaturated/α-hetero) is 1. The van der Waals surface area contributed by atoms with Crippen LogP contribution in [0.25, 0.3) is 0 Å². The van der Waals surface area contributed by atoms with E-state index in [0.717, 1.165) is 0 Å². The second kappa shape index (κ2) is 6.64. The van der Waals surface area contributed by atoms with Crippen molar-refractivity contribution in [1.29, 1.82) is 0 Å². The summed E-state index contributed by atoms with van der Waals surface area (Å²) >= 11 is 0. The highest BCUT2D eigenvalue weighted by Crippen LogP contribution is 2.02. The highest BCUT2D eigenvalue weighted by atomic mass is 16.4. The smallest absolute Gasteiger partial charge is 0.132 e. The van der Waals surface area contributed by atoms with Gasteiger partial charge < -0.3 is 10.5 Å². The molecule has 0 fully saturated rings. The average molecular weight is 172 g/mol. The van der Waals surface area contributed by atoms with Crippen molar-refractivity contribution in [2.45, 2.75) is 26.7 Å². The van der Waals surface area contributed by atoms with E-state index < -0.39 is 0 Å². The summed E-state index contributed by atoms with van der Waals surface area (Å²) in [5.41, 5.74) is 0. The van der Waals surface area contributed by atoms with Crippen LogP contribution in [0.5, 0.6) is 0 Å². The lowest BCUT2D eigenvalue weighted by molar-refractivity contribution is -0.119. The van der Waals surface area contributed by atoms with E-state index >= 15 is 0 Å². The van der Waals surface area contributed by atoms with E-state index in [0.29, 0.717) is 19.4 Å². The van der Waals surface area contributed by atoms with Crippen molar-refractivity contribution < 1.29 is 10.0 Å². The van der Waals surface area contributed by atoms with Gasteiger partial charge in [-0.25, -0.2) is 0 Å². The maximum Gasteiger partial charge on any atom is 0.132 e. The summed E-state index contributed by atoms with van der Waals surface area (Å²) in [6, 6.07) is 0. The van der Waals surface area contributed by atoms with Crippen molar-refractivity contribution in [3.63, 3.8) is 0 Å². The molecule has 0 aromatic carbocycles. The van der Waals surface area contributed by atoms with Crippen LogP contribution in [-0.2, 0) is 4.79 Å². The van der Waals surface area contributed by atoms with Crippen LogP contribution in [-0.4, -0.2) is 23.9 Å². The van der Waals surface area contributed by atoms with E-state index in [1.807, 2.05) is 13.8 Å². The first-order valence-corrected chi connectivity index (χ1v) is 4.11. The SMILES string of the molecule is CCC(=O)CC(C)CNC=NO. The summed E-state index contributed by atoms with van der Waals surface area (Å²) in [7, 11) is 0. The topological polar surface area (TPSA) is 61.7 Å². The molecule has 70 valence electrons. The molecule has 0 aliphatic rings. The molecule has 0 rings (SSSR count). The van der Waals surface area contributed by atoms with Gasteiger partial charge in [-0.1, -0.05) is 19.0 Å². The van der Waals surface area contributed by atoms with Crippen LogP contribution in [0, 0.1) is 5.92 Å². The third-order valence-corrected chi connectivity index (χ3v) is 1.59. The molecule has 0 spiro atoms. The molecule has 1 unspecified atom stereocenters. The van der Waals surface area contributed by atoms with Crippen LogP contribution in [0.15, 0.2) is 5.16 Å². The molecule has 4 heteroatoms. The van der Waals surface area contributed by atoms with Gasteiger partial charge in [0.25, 0.3) is 0 Å². The molecule has 1 atom stereocenters. The molecule has 0 aromatic rings. The first-order chi connectivity index (χ1) is 5.70. The fourth-order valence-electron chi connectivity index (χ4n) is 0.900. The van der Waals surface area contributed by atoms with E-state index in [9.17, 15) is 4.79 Å². The molecular weight excluding hydrogens is 156 g/mol. The first kappa shape index (κ1) is 10.9. The second-order valence-electron chi connectivity index (χ2n) is 2.85. The molecular formula is C8H16N2O2. The van der Waals surface area contributed by atoms with Gasteiger partial charge in [-0.2, -0.15) is 0 Å². The van der Waals surface area contributed by atoms with Gasteiger partial charge in [-0.3, -0.25) is 4.79 Å². The fraction of sp³-hybridized carbons (Fsp3) is 0.750. The molecule has 0 saturated heterocycles. The Morgan fingerprint density at radius 1 is 1.75 bits per heavy atom. The monoisotopic (exact) mass is 172 g/mol. The Labute approximate surface area is 72.6 Å². The number of carbonyl (C=O) groups is 1. The minimum Gasteiger partial charge on any atom is -0.410 e. The molecule has 0 aliphatic heterocycles. The number of hydrogen-bond acceptors (Lipinski definition) is 3. The number of rotatable bonds is 6. The lowest BCUT2D eigenvalue weighted by atomic mass is 10.0. The molecule has 0 radical (unpaired) electrons. The number of nitrogens with one attached hydrogen (secondary N) is 1. The molecule has 4 nitrogen and oxygen atoms in total. The van der Waals surface area contributed by atoms with E-state index in [2.05, 4.69) is 10.5 Å². The highest BCUT2D eigenvalue weighted by Gasteiger charge is 2.05. The molecule has 0 heterocycles. The molecule has 0 amide bonds. The van der Waals surface area contributed by atoms with Gasteiger partial charge in [-0.05, 0) is 5.92 Å². The summed E-state index contributed by atoms with van der Waals surface area (Å²) in [5.74, 6) is 0.556. The predicted octanol–water partition coefficient (Wildman–Crippen LogP) is 0.999. The van der Waals surface area contributed by atoms with Gasteiger partial charge in [0, 0.05) is 19.4 Å². The minimum absolute atomic E-state index is 0.269. The largest absolute Gasteiger partial charge is 0.410 e. The number of nitrogens with zero attached hydrogens (tertiary/aromatic N) is 1. The van der Waals surface area contributed by atoms with E-state index in [4.69, 9.17) is 5.21 Å². The Morgan fingerprint density at radius 3 is 2.92 bits per heavy atom. The van der Waals surface area contributed by atoms with Crippen molar-refractivity contribution in [2.24, 2.45) is 11.1 Å². The zero-order chi connectivity index (χ0) is 9.40. The van der Waals surface area contributed by atoms with E-state index in [1.54, 1.807) is 0 Å². The third-order valence-electron chi connectivity index (χ3n) is 1.59. The third kappa shape index (κ3) is 5.70. The van der Waals surface area contributed by atoms with Crippen LogP contribution in [0.1, 0.15) is 26.7 Å². The quantitative estimate of drug-likeness (QED) is 0.272. The minimum atomic E-state index is 0.269. The van der Waals surface area contributed by atoms with Crippen LogP contribution in [0.4, 0.5) is 0 Å². The lowest BCUT2D eigenvalue weighted by Crippen LogP contribution is -2.21. The van der Waals surface area contributed by atoms with Gasteiger partial charge in [0.2, 0.25) is 0 Å². The number of oxime groups is 1. The molecule has 2 N–H and O–H groups in total. The van der Waals surface area contributed by atoms with Crippen molar-refractivity contribution in [2.75, 3.05) is 6.54 Å². The number of carbonyl (C=O) groups excluding carboxylic acids is 1. The van der Waals surface area contributed by atoms with Crippen molar-refractivity contribution in [1.82, 2.24) is 5.32 Å². The average Bonchev–Trinajstić information content (AvgIpc) is 2.05. The lowest BCUT2D eigenvalue weighted by Gasteiger charge is -2.08. The predicted molar refractivity (Wildman–Crippen MR) is 47.4 cm³/mol. The van der Waals surface area contributed by atoms with E-state index in [1.165, 1.54) is 6.34 Å². The molecule has 0 aromatic heterocycles. The Morgan fingerprint density at radius 2 is 2.42 bits per heavy atom. The van der Waals surface area contributed by atoms with Crippen molar-refractivity contribution >= 4 is 12.1 Å². The second-order valence-corrected chi connectivity index (χ2v) is 2.85. The fourth-order valence-corrected chi connectivity index (χ4v) is 0.900. The number of ketones is 1. The summed E-state index contributed by atoms with van der Waals surface area (Å²) in [4.78, 5) is 10.9. The zero-order valence-corrected chi connectivity index (χ0v) is 7.58. The van der Waals surface area contributed by atoms with Gasteiger partial charge in [-0.15, -0.1) is 0 Å². The van der Waals surface area contributed by atoms with Crippen LogP contribution in [0.2, 0.25) is 0 Å². The maximum absolute atomic E-state index is 10.9. The van der Waals surface area contributed by atoms with Crippen LogP contribution in [0.3, 0.4) is 0 Å². The Kier molecular flexibility index (Phi) is 6.05. The molecule has 0 saturated carbocycles. The Balaban J connectivity index is 3.45. The molecule has 0 aliphatic carbocycles. The summed E-state index contributed by atoms with van der Waals surface area (Å²) in [6.07, 6.45) is 2.40. The van der Waals surface area contributed by atoms with Gasteiger partial charge in [0.1, 0.15) is 12.1 Å². The van der Waals surface area contributed by atoms with Crippen molar-refractivity contribution in [3.8, 4) is 0 Å².